The van der Waals surface area contributed by atoms with E-state index in [9.17, 15) is 4.79 Å². The van der Waals surface area contributed by atoms with Gasteiger partial charge in [-0.05, 0) is 49.9 Å². The SMILES string of the molecule is NC1CCCN(C(=O)CC2CC3CCC2C3)C1. The van der Waals surface area contributed by atoms with Crippen LogP contribution in [0.2, 0.25) is 0 Å². The highest BCUT2D eigenvalue weighted by Crippen LogP contribution is 2.49. The molecule has 3 rings (SSSR count). The Labute approximate surface area is 104 Å². The number of hydrogen-bond donors (Lipinski definition) is 1. The Morgan fingerprint density at radius 3 is 2.76 bits per heavy atom. The van der Waals surface area contributed by atoms with Gasteiger partial charge in [0.15, 0.2) is 0 Å². The maximum Gasteiger partial charge on any atom is 0.222 e. The van der Waals surface area contributed by atoms with Crippen LogP contribution in [0.15, 0.2) is 0 Å². The van der Waals surface area contributed by atoms with Crippen LogP contribution >= 0.6 is 0 Å². The van der Waals surface area contributed by atoms with E-state index in [1.165, 1.54) is 25.7 Å². The zero-order chi connectivity index (χ0) is 11.8. The lowest BCUT2D eigenvalue weighted by Crippen LogP contribution is -2.46. The third-order valence-electron chi connectivity index (χ3n) is 5.13. The molecule has 1 heterocycles. The van der Waals surface area contributed by atoms with Gasteiger partial charge in [-0.25, -0.2) is 0 Å². The number of amides is 1. The second-order valence-electron chi connectivity index (χ2n) is 6.38. The van der Waals surface area contributed by atoms with Crippen LogP contribution in [0.1, 0.15) is 44.9 Å². The fourth-order valence-corrected chi connectivity index (χ4v) is 4.22. The largest absolute Gasteiger partial charge is 0.341 e. The summed E-state index contributed by atoms with van der Waals surface area (Å²) < 4.78 is 0. The highest BCUT2D eigenvalue weighted by atomic mass is 16.2. The molecule has 3 aliphatic rings. The lowest BCUT2D eigenvalue weighted by Gasteiger charge is -2.32. The maximum absolute atomic E-state index is 12.2. The van der Waals surface area contributed by atoms with E-state index in [2.05, 4.69) is 0 Å². The number of fused-ring (bicyclic) bond motifs is 2. The van der Waals surface area contributed by atoms with E-state index in [0.717, 1.165) is 44.2 Å². The summed E-state index contributed by atoms with van der Waals surface area (Å²) in [4.78, 5) is 14.3. The van der Waals surface area contributed by atoms with Crippen molar-refractivity contribution in [2.45, 2.75) is 51.0 Å². The summed E-state index contributed by atoms with van der Waals surface area (Å²) in [6.45, 7) is 1.73. The van der Waals surface area contributed by atoms with Crippen LogP contribution in [0, 0.1) is 17.8 Å². The van der Waals surface area contributed by atoms with Gasteiger partial charge in [-0.15, -0.1) is 0 Å². The molecule has 1 aliphatic heterocycles. The lowest BCUT2D eigenvalue weighted by molar-refractivity contribution is -0.133. The van der Waals surface area contributed by atoms with E-state index in [-0.39, 0.29) is 6.04 Å². The first kappa shape index (κ1) is 11.5. The number of piperidine rings is 1. The van der Waals surface area contributed by atoms with E-state index >= 15 is 0 Å². The number of rotatable bonds is 2. The van der Waals surface area contributed by atoms with Gasteiger partial charge in [0.1, 0.15) is 0 Å². The lowest BCUT2D eigenvalue weighted by atomic mass is 9.86. The minimum absolute atomic E-state index is 0.215. The summed E-state index contributed by atoms with van der Waals surface area (Å²) in [6, 6.07) is 0.215. The molecule has 3 heteroatoms. The van der Waals surface area contributed by atoms with Crippen molar-refractivity contribution >= 4 is 5.91 Å². The van der Waals surface area contributed by atoms with Crippen LogP contribution in [0.5, 0.6) is 0 Å². The second-order valence-corrected chi connectivity index (χ2v) is 6.38. The molecule has 2 N–H and O–H groups in total. The summed E-state index contributed by atoms with van der Waals surface area (Å²) >= 11 is 0. The summed E-state index contributed by atoms with van der Waals surface area (Å²) in [5, 5.41) is 0. The van der Waals surface area contributed by atoms with Crippen LogP contribution < -0.4 is 5.73 Å². The summed E-state index contributed by atoms with van der Waals surface area (Å²) in [5.41, 5.74) is 5.94. The third kappa shape index (κ3) is 2.35. The maximum atomic E-state index is 12.2. The predicted octanol–water partition coefficient (Wildman–Crippen LogP) is 1.76. The molecule has 0 aromatic rings. The average Bonchev–Trinajstić information content (AvgIpc) is 2.91. The predicted molar refractivity (Wildman–Crippen MR) is 67.3 cm³/mol. The molecule has 0 aromatic carbocycles. The van der Waals surface area contributed by atoms with Gasteiger partial charge in [0.2, 0.25) is 5.91 Å². The monoisotopic (exact) mass is 236 g/mol. The second kappa shape index (κ2) is 4.60. The Bertz CT molecular complexity index is 305. The van der Waals surface area contributed by atoms with Crippen LogP contribution in [0.4, 0.5) is 0 Å². The molecule has 2 bridgehead atoms. The number of nitrogens with two attached hydrogens (primary N) is 1. The van der Waals surface area contributed by atoms with E-state index < -0.39 is 0 Å². The zero-order valence-corrected chi connectivity index (χ0v) is 10.6. The number of likely N-dealkylation sites (tertiary alicyclic amines) is 1. The van der Waals surface area contributed by atoms with Gasteiger partial charge in [0.05, 0.1) is 0 Å². The number of hydrogen-bond acceptors (Lipinski definition) is 2. The minimum Gasteiger partial charge on any atom is -0.341 e. The van der Waals surface area contributed by atoms with E-state index in [1.54, 1.807) is 0 Å². The summed E-state index contributed by atoms with van der Waals surface area (Å²) in [7, 11) is 0. The van der Waals surface area contributed by atoms with Gasteiger partial charge in [0, 0.05) is 25.6 Å². The smallest absolute Gasteiger partial charge is 0.222 e. The summed E-state index contributed by atoms with van der Waals surface area (Å²) in [6.07, 6.45) is 8.48. The van der Waals surface area contributed by atoms with E-state index in [0.29, 0.717) is 11.8 Å². The van der Waals surface area contributed by atoms with Gasteiger partial charge in [0.25, 0.3) is 0 Å². The molecule has 4 atom stereocenters. The van der Waals surface area contributed by atoms with Crippen LogP contribution in [-0.2, 0) is 4.79 Å². The molecule has 2 aliphatic carbocycles. The first-order valence-electron chi connectivity index (χ1n) is 7.25. The number of carbonyl (C=O) groups is 1. The molecular formula is C14H24N2O. The molecule has 1 saturated heterocycles. The summed E-state index contributed by atoms with van der Waals surface area (Å²) in [5.74, 6) is 2.88. The molecule has 0 spiro atoms. The number of carbonyl (C=O) groups excluding carboxylic acids is 1. The Morgan fingerprint density at radius 2 is 2.12 bits per heavy atom. The van der Waals surface area contributed by atoms with Crippen molar-refractivity contribution in [2.75, 3.05) is 13.1 Å². The van der Waals surface area contributed by atoms with Crippen LogP contribution in [0.25, 0.3) is 0 Å². The van der Waals surface area contributed by atoms with Gasteiger partial charge in [-0.2, -0.15) is 0 Å². The molecular weight excluding hydrogens is 212 g/mol. The van der Waals surface area contributed by atoms with E-state index in [1.807, 2.05) is 4.90 Å². The van der Waals surface area contributed by atoms with Gasteiger partial charge in [-0.3, -0.25) is 4.79 Å². The molecule has 0 radical (unpaired) electrons. The van der Waals surface area contributed by atoms with Crippen molar-refractivity contribution in [1.29, 1.82) is 0 Å². The Morgan fingerprint density at radius 1 is 1.24 bits per heavy atom. The van der Waals surface area contributed by atoms with Crippen molar-refractivity contribution in [2.24, 2.45) is 23.5 Å². The van der Waals surface area contributed by atoms with Crippen molar-refractivity contribution < 1.29 is 4.79 Å². The van der Waals surface area contributed by atoms with Gasteiger partial charge < -0.3 is 10.6 Å². The number of nitrogens with zero attached hydrogens (tertiary/aromatic N) is 1. The fourth-order valence-electron chi connectivity index (χ4n) is 4.22. The van der Waals surface area contributed by atoms with Crippen LogP contribution in [0.3, 0.4) is 0 Å². The molecule has 17 heavy (non-hydrogen) atoms. The van der Waals surface area contributed by atoms with Crippen molar-refractivity contribution in [1.82, 2.24) is 4.90 Å². The highest BCUT2D eigenvalue weighted by molar-refractivity contribution is 5.76. The topological polar surface area (TPSA) is 46.3 Å². The molecule has 1 amide bonds. The third-order valence-corrected chi connectivity index (χ3v) is 5.13. The van der Waals surface area contributed by atoms with E-state index in [4.69, 9.17) is 5.73 Å². The quantitative estimate of drug-likeness (QED) is 0.794. The zero-order valence-electron chi connectivity index (χ0n) is 10.6. The highest BCUT2D eigenvalue weighted by Gasteiger charge is 2.40. The van der Waals surface area contributed by atoms with Crippen molar-refractivity contribution in [3.8, 4) is 0 Å². The Kier molecular flexibility index (Phi) is 3.12. The average molecular weight is 236 g/mol. The van der Waals surface area contributed by atoms with Crippen molar-refractivity contribution in [3.63, 3.8) is 0 Å². The van der Waals surface area contributed by atoms with Gasteiger partial charge >= 0.3 is 0 Å². The molecule has 4 unspecified atom stereocenters. The van der Waals surface area contributed by atoms with Crippen molar-refractivity contribution in [3.05, 3.63) is 0 Å². The minimum atomic E-state index is 0.215. The molecule has 0 aromatic heterocycles. The normalized spacial score (nSPS) is 40.9. The Balaban J connectivity index is 1.53. The van der Waals surface area contributed by atoms with Gasteiger partial charge in [-0.1, -0.05) is 6.42 Å². The fraction of sp³-hybridized carbons (Fsp3) is 0.929. The first-order chi connectivity index (χ1) is 8.22. The molecule has 2 saturated carbocycles. The standard InChI is InChI=1S/C14H24N2O/c15-13-2-1-5-16(9-13)14(17)8-12-7-10-3-4-11(12)6-10/h10-13H,1-9,15H2. The first-order valence-corrected chi connectivity index (χ1v) is 7.25. The molecule has 96 valence electrons. The molecule has 3 nitrogen and oxygen atoms in total. The Hall–Kier alpha value is -0.570. The van der Waals surface area contributed by atoms with Crippen LogP contribution in [-0.4, -0.2) is 29.9 Å². The molecule has 3 fully saturated rings.